The number of hydrogen-bond donors (Lipinski definition) is 1. The Bertz CT molecular complexity index is 439. The lowest BCUT2D eigenvalue weighted by Crippen LogP contribution is -2.31. The van der Waals surface area contributed by atoms with Crippen LogP contribution in [-0.2, 0) is 6.54 Å². The summed E-state index contributed by atoms with van der Waals surface area (Å²) in [4.78, 5) is 6.28. The van der Waals surface area contributed by atoms with Crippen molar-refractivity contribution in [1.29, 1.82) is 0 Å². The predicted octanol–water partition coefficient (Wildman–Crippen LogP) is 2.85. The summed E-state index contributed by atoms with van der Waals surface area (Å²) in [5, 5.41) is 3.36. The summed E-state index contributed by atoms with van der Waals surface area (Å²) in [5.41, 5.74) is 0.738. The molecular weight excluding hydrogens is 241 g/mol. The van der Waals surface area contributed by atoms with Crippen molar-refractivity contribution in [3.05, 3.63) is 23.6 Å². The molecule has 0 amide bonds. The lowest BCUT2D eigenvalue weighted by molar-refractivity contribution is 0.561. The lowest BCUT2D eigenvalue weighted by Gasteiger charge is -2.26. The molecule has 1 N–H and O–H groups in total. The zero-order valence-corrected chi connectivity index (χ0v) is 11.5. The highest BCUT2D eigenvalue weighted by Crippen LogP contribution is 2.28. The fraction of sp³-hybridized carbons (Fsp3) is 0.667. The van der Waals surface area contributed by atoms with Crippen LogP contribution in [0.3, 0.4) is 0 Å². The second-order valence-corrected chi connectivity index (χ2v) is 5.81. The van der Waals surface area contributed by atoms with E-state index in [1.807, 2.05) is 11.9 Å². The molecule has 0 saturated heterocycles. The predicted molar refractivity (Wildman–Crippen MR) is 74.7 cm³/mol. The number of nitrogens with zero attached hydrogens (tertiary/aromatic N) is 2. The Kier molecular flexibility index (Phi) is 3.69. The molecule has 0 atom stereocenters. The van der Waals surface area contributed by atoms with Gasteiger partial charge in [0.05, 0.1) is 0 Å². The van der Waals surface area contributed by atoms with Gasteiger partial charge in [0, 0.05) is 37.4 Å². The van der Waals surface area contributed by atoms with E-state index in [-0.39, 0.29) is 5.82 Å². The van der Waals surface area contributed by atoms with Crippen molar-refractivity contribution in [3.63, 3.8) is 0 Å². The van der Waals surface area contributed by atoms with Crippen molar-refractivity contribution in [2.45, 2.75) is 57.2 Å². The molecule has 0 radical (unpaired) electrons. The van der Waals surface area contributed by atoms with Gasteiger partial charge in [-0.25, -0.2) is 9.37 Å². The van der Waals surface area contributed by atoms with E-state index < -0.39 is 0 Å². The molecule has 0 aliphatic heterocycles. The maximum Gasteiger partial charge on any atom is 0.170 e. The Hall–Kier alpha value is -1.16. The minimum Gasteiger partial charge on any atom is -0.354 e. The number of anilines is 1. The molecule has 2 aliphatic rings. The molecule has 1 aromatic heterocycles. The van der Waals surface area contributed by atoms with E-state index in [0.29, 0.717) is 24.4 Å². The highest BCUT2D eigenvalue weighted by atomic mass is 19.1. The normalized spacial score (nSPS) is 19.9. The molecule has 4 heteroatoms. The second kappa shape index (κ2) is 5.45. The second-order valence-electron chi connectivity index (χ2n) is 5.81. The van der Waals surface area contributed by atoms with Gasteiger partial charge in [-0.1, -0.05) is 12.8 Å². The molecule has 2 saturated carbocycles. The minimum atomic E-state index is -0.148. The van der Waals surface area contributed by atoms with E-state index in [2.05, 4.69) is 10.3 Å². The van der Waals surface area contributed by atoms with Crippen LogP contribution in [0.15, 0.2) is 12.3 Å². The molecule has 0 spiro atoms. The topological polar surface area (TPSA) is 28.2 Å². The van der Waals surface area contributed by atoms with Gasteiger partial charge in [-0.3, -0.25) is 0 Å². The van der Waals surface area contributed by atoms with E-state index in [0.717, 1.165) is 18.4 Å². The van der Waals surface area contributed by atoms with Gasteiger partial charge in [0.2, 0.25) is 0 Å². The van der Waals surface area contributed by atoms with Crippen LogP contribution in [0.5, 0.6) is 0 Å². The smallest absolute Gasteiger partial charge is 0.170 e. The van der Waals surface area contributed by atoms with Crippen LogP contribution in [0.25, 0.3) is 0 Å². The van der Waals surface area contributed by atoms with Crippen molar-refractivity contribution >= 4 is 5.82 Å². The summed E-state index contributed by atoms with van der Waals surface area (Å²) in [5.74, 6) is 0.368. The van der Waals surface area contributed by atoms with Crippen molar-refractivity contribution in [3.8, 4) is 0 Å². The van der Waals surface area contributed by atoms with Gasteiger partial charge in [0.15, 0.2) is 11.6 Å². The Morgan fingerprint density at radius 2 is 2.05 bits per heavy atom. The molecule has 0 aromatic carbocycles. The highest BCUT2D eigenvalue weighted by molar-refractivity contribution is 5.43. The number of rotatable bonds is 5. The van der Waals surface area contributed by atoms with Crippen LogP contribution in [0.2, 0.25) is 0 Å². The van der Waals surface area contributed by atoms with Gasteiger partial charge in [0.1, 0.15) is 0 Å². The molecule has 104 valence electrons. The molecule has 3 rings (SSSR count). The van der Waals surface area contributed by atoms with E-state index in [4.69, 9.17) is 0 Å². The number of hydrogen-bond acceptors (Lipinski definition) is 3. The largest absolute Gasteiger partial charge is 0.354 e. The third-order valence-corrected chi connectivity index (χ3v) is 4.32. The molecule has 0 unspecified atom stereocenters. The van der Waals surface area contributed by atoms with Crippen LogP contribution in [0, 0.1) is 5.82 Å². The van der Waals surface area contributed by atoms with Crippen molar-refractivity contribution < 1.29 is 4.39 Å². The molecule has 2 aliphatic carbocycles. The zero-order valence-electron chi connectivity index (χ0n) is 11.5. The first kappa shape index (κ1) is 12.9. The van der Waals surface area contributed by atoms with Gasteiger partial charge in [-0.05, 0) is 31.7 Å². The SMILES string of the molecule is CN(c1nccc(CNC2CC2)c1F)C1CCCC1. The van der Waals surface area contributed by atoms with E-state index in [1.54, 1.807) is 12.3 Å². The third kappa shape index (κ3) is 2.89. The van der Waals surface area contributed by atoms with E-state index in [1.165, 1.54) is 25.7 Å². The van der Waals surface area contributed by atoms with E-state index in [9.17, 15) is 4.39 Å². The Balaban J connectivity index is 1.73. The van der Waals surface area contributed by atoms with Crippen molar-refractivity contribution in [2.75, 3.05) is 11.9 Å². The molecule has 3 nitrogen and oxygen atoms in total. The Morgan fingerprint density at radius 1 is 1.32 bits per heavy atom. The first-order valence-corrected chi connectivity index (χ1v) is 7.35. The standard InChI is InChI=1S/C15H22FN3/c1-19(13-4-2-3-5-13)15-14(16)11(8-9-17-15)10-18-12-6-7-12/h8-9,12-13,18H,2-7,10H2,1H3. The van der Waals surface area contributed by atoms with Crippen LogP contribution in [-0.4, -0.2) is 24.1 Å². The van der Waals surface area contributed by atoms with Gasteiger partial charge >= 0.3 is 0 Å². The van der Waals surface area contributed by atoms with Gasteiger partial charge in [-0.15, -0.1) is 0 Å². The van der Waals surface area contributed by atoms with Crippen LogP contribution >= 0.6 is 0 Å². The maximum atomic E-state index is 14.5. The van der Waals surface area contributed by atoms with Gasteiger partial charge in [0.25, 0.3) is 0 Å². The average Bonchev–Trinajstić information content (AvgIpc) is 3.08. The number of nitrogens with one attached hydrogen (secondary N) is 1. The van der Waals surface area contributed by atoms with Crippen LogP contribution in [0.4, 0.5) is 10.2 Å². The molecule has 2 fully saturated rings. The highest BCUT2D eigenvalue weighted by Gasteiger charge is 2.25. The summed E-state index contributed by atoms with van der Waals surface area (Å²) >= 11 is 0. The fourth-order valence-electron chi connectivity index (χ4n) is 2.86. The van der Waals surface area contributed by atoms with Crippen molar-refractivity contribution in [2.24, 2.45) is 0 Å². The monoisotopic (exact) mass is 263 g/mol. The molecule has 1 heterocycles. The maximum absolute atomic E-state index is 14.5. The summed E-state index contributed by atoms with van der Waals surface area (Å²) in [6.45, 7) is 0.616. The van der Waals surface area contributed by atoms with Gasteiger partial charge in [-0.2, -0.15) is 0 Å². The van der Waals surface area contributed by atoms with Gasteiger partial charge < -0.3 is 10.2 Å². The lowest BCUT2D eigenvalue weighted by atomic mass is 10.2. The minimum absolute atomic E-state index is 0.148. The fourth-order valence-corrected chi connectivity index (χ4v) is 2.86. The van der Waals surface area contributed by atoms with E-state index >= 15 is 0 Å². The summed E-state index contributed by atoms with van der Waals surface area (Å²) in [6.07, 6.45) is 8.99. The third-order valence-electron chi connectivity index (χ3n) is 4.32. The summed E-state index contributed by atoms with van der Waals surface area (Å²) < 4.78 is 14.5. The summed E-state index contributed by atoms with van der Waals surface area (Å²) in [6, 6.07) is 2.84. The zero-order chi connectivity index (χ0) is 13.2. The molecule has 19 heavy (non-hydrogen) atoms. The number of pyridine rings is 1. The Morgan fingerprint density at radius 3 is 2.74 bits per heavy atom. The van der Waals surface area contributed by atoms with Crippen LogP contribution < -0.4 is 10.2 Å². The number of aromatic nitrogens is 1. The molecular formula is C15H22FN3. The average molecular weight is 263 g/mol. The molecule has 0 bridgehead atoms. The Labute approximate surface area is 114 Å². The van der Waals surface area contributed by atoms with Crippen LogP contribution in [0.1, 0.15) is 44.1 Å². The first-order chi connectivity index (χ1) is 9.25. The number of halogens is 1. The first-order valence-electron chi connectivity index (χ1n) is 7.35. The quantitative estimate of drug-likeness (QED) is 0.885. The summed E-state index contributed by atoms with van der Waals surface area (Å²) in [7, 11) is 1.97. The van der Waals surface area contributed by atoms with Crippen molar-refractivity contribution in [1.82, 2.24) is 10.3 Å². The molecule has 1 aromatic rings.